The van der Waals surface area contributed by atoms with Gasteiger partial charge in [-0.2, -0.15) is 15.1 Å². The minimum Gasteiger partial charge on any atom is -0.368 e. The molecule has 0 radical (unpaired) electrons. The fourth-order valence-corrected chi connectivity index (χ4v) is 6.15. The topological polar surface area (TPSA) is 143 Å². The summed E-state index contributed by atoms with van der Waals surface area (Å²) in [5.41, 5.74) is 8.39. The van der Waals surface area contributed by atoms with E-state index < -0.39 is 10.0 Å². The first-order valence-electron chi connectivity index (χ1n) is 10.7. The first-order valence-corrected chi connectivity index (χ1v) is 12.1. The largest absolute Gasteiger partial charge is 0.368 e. The number of anilines is 3. The molecule has 10 nitrogen and oxygen atoms in total. The number of nitrogens with zero attached hydrogens (tertiary/aromatic N) is 5. The number of aromatic amines is 1. The van der Waals surface area contributed by atoms with Crippen LogP contribution in [0.1, 0.15) is 5.56 Å². The van der Waals surface area contributed by atoms with Crippen LogP contribution >= 0.6 is 0 Å². The van der Waals surface area contributed by atoms with Gasteiger partial charge in [-0.15, -0.1) is 0 Å². The van der Waals surface area contributed by atoms with Crippen LogP contribution in [0.15, 0.2) is 71.9 Å². The molecule has 0 fully saturated rings. The average molecular weight is 473 g/mol. The molecule has 4 N–H and O–H groups in total. The minimum absolute atomic E-state index is 0.0989. The number of nitrogens with two attached hydrogens (primary N) is 1. The Kier molecular flexibility index (Phi) is 4.59. The maximum atomic E-state index is 14.0. The molecule has 0 amide bonds. The molecular weight excluding hydrogens is 452 g/mol. The van der Waals surface area contributed by atoms with Crippen molar-refractivity contribution in [3.63, 3.8) is 0 Å². The Morgan fingerprint density at radius 3 is 2.82 bits per heavy atom. The smallest absolute Gasteiger partial charge is 0.266 e. The number of para-hydroxylation sites is 2. The van der Waals surface area contributed by atoms with Gasteiger partial charge >= 0.3 is 0 Å². The third kappa shape index (κ3) is 3.28. The van der Waals surface area contributed by atoms with Crippen molar-refractivity contribution >= 4 is 49.4 Å². The van der Waals surface area contributed by atoms with E-state index in [0.29, 0.717) is 34.5 Å². The van der Waals surface area contributed by atoms with Crippen molar-refractivity contribution in [2.45, 2.75) is 17.4 Å². The van der Waals surface area contributed by atoms with Gasteiger partial charge in [0.15, 0.2) is 5.65 Å². The van der Waals surface area contributed by atoms with Crippen LogP contribution in [0.4, 0.5) is 17.5 Å². The van der Waals surface area contributed by atoms with Gasteiger partial charge in [-0.1, -0.05) is 36.4 Å². The van der Waals surface area contributed by atoms with Crippen LogP contribution in [-0.4, -0.2) is 46.2 Å². The van der Waals surface area contributed by atoms with Gasteiger partial charge in [0.1, 0.15) is 10.7 Å². The zero-order chi connectivity index (χ0) is 23.3. The average Bonchev–Trinajstić information content (AvgIpc) is 3.32. The summed E-state index contributed by atoms with van der Waals surface area (Å²) in [7, 11) is -3.91. The molecule has 0 bridgehead atoms. The standard InChI is InChI=1S/C23H20N8O2S/c24-23-28-21(17-12-26-30-22(17)29-23)27-16-11-15-5-1-2-8-18(15)31(13-16)34(32,33)19-9-3-6-14-7-4-10-25-20(14)19/h1-10,12,16H,11,13H2,(H4,24,26,27,28,29,30). The van der Waals surface area contributed by atoms with Crippen molar-refractivity contribution in [2.24, 2.45) is 0 Å². The highest BCUT2D eigenvalue weighted by molar-refractivity contribution is 7.93. The lowest BCUT2D eigenvalue weighted by Crippen LogP contribution is -2.45. The van der Waals surface area contributed by atoms with E-state index in [1.807, 2.05) is 36.4 Å². The van der Waals surface area contributed by atoms with E-state index in [9.17, 15) is 8.42 Å². The molecule has 1 atom stereocenters. The zero-order valence-corrected chi connectivity index (χ0v) is 18.7. The quantitative estimate of drug-likeness (QED) is 0.362. The van der Waals surface area contributed by atoms with Gasteiger partial charge in [0, 0.05) is 11.6 Å². The molecular formula is C23H20N8O2S. The summed E-state index contributed by atoms with van der Waals surface area (Å²) in [6.07, 6.45) is 3.83. The zero-order valence-electron chi connectivity index (χ0n) is 17.9. The number of nitrogen functional groups attached to an aromatic ring is 1. The number of sulfonamides is 1. The van der Waals surface area contributed by atoms with E-state index in [4.69, 9.17) is 5.73 Å². The van der Waals surface area contributed by atoms with Gasteiger partial charge in [-0.3, -0.25) is 14.4 Å². The third-order valence-corrected chi connectivity index (χ3v) is 7.76. The van der Waals surface area contributed by atoms with Crippen molar-refractivity contribution in [1.82, 2.24) is 25.1 Å². The van der Waals surface area contributed by atoms with E-state index in [0.717, 1.165) is 10.9 Å². The predicted molar refractivity (Wildman–Crippen MR) is 130 cm³/mol. The number of pyridine rings is 1. The van der Waals surface area contributed by atoms with Crippen LogP contribution < -0.4 is 15.4 Å². The van der Waals surface area contributed by atoms with Crippen LogP contribution in [-0.2, 0) is 16.4 Å². The monoisotopic (exact) mass is 472 g/mol. The number of benzene rings is 2. The van der Waals surface area contributed by atoms with E-state index in [1.165, 1.54) is 4.31 Å². The third-order valence-electron chi connectivity index (χ3n) is 5.94. The summed E-state index contributed by atoms with van der Waals surface area (Å²) in [5, 5.41) is 11.6. The van der Waals surface area contributed by atoms with Gasteiger partial charge in [0.2, 0.25) is 5.95 Å². The number of hydrogen-bond donors (Lipinski definition) is 3. The van der Waals surface area contributed by atoms with Gasteiger partial charge in [0.25, 0.3) is 10.0 Å². The number of hydrogen-bond acceptors (Lipinski definition) is 8. The van der Waals surface area contributed by atoms with E-state index in [1.54, 1.807) is 30.6 Å². The maximum Gasteiger partial charge on any atom is 0.266 e. The Bertz CT molecular complexity index is 1640. The molecule has 6 rings (SSSR count). The lowest BCUT2D eigenvalue weighted by molar-refractivity contribution is 0.581. The summed E-state index contributed by atoms with van der Waals surface area (Å²) in [5.74, 6) is 0.603. The van der Waals surface area contributed by atoms with E-state index in [-0.39, 0.29) is 23.4 Å². The Balaban J connectivity index is 1.43. The molecule has 1 aliphatic rings. The second-order valence-corrected chi connectivity index (χ2v) is 9.93. The summed E-state index contributed by atoms with van der Waals surface area (Å²) in [6, 6.07) is 16.1. The molecule has 2 aromatic carbocycles. The molecule has 34 heavy (non-hydrogen) atoms. The Morgan fingerprint density at radius 1 is 1.06 bits per heavy atom. The first-order chi connectivity index (χ1) is 16.5. The molecule has 1 aliphatic heterocycles. The number of aromatic nitrogens is 5. The van der Waals surface area contributed by atoms with Gasteiger partial charge < -0.3 is 11.1 Å². The number of rotatable bonds is 4. The highest BCUT2D eigenvalue weighted by Crippen LogP contribution is 2.35. The van der Waals surface area contributed by atoms with Crippen molar-refractivity contribution in [2.75, 3.05) is 21.9 Å². The van der Waals surface area contributed by atoms with Gasteiger partial charge in [-0.05, 0) is 30.2 Å². The molecule has 3 aromatic heterocycles. The van der Waals surface area contributed by atoms with Gasteiger partial charge in [0.05, 0.1) is 35.4 Å². The van der Waals surface area contributed by atoms with Crippen molar-refractivity contribution < 1.29 is 8.42 Å². The summed E-state index contributed by atoms with van der Waals surface area (Å²) >= 11 is 0. The maximum absolute atomic E-state index is 14.0. The molecule has 170 valence electrons. The summed E-state index contributed by atoms with van der Waals surface area (Å²) < 4.78 is 29.4. The minimum atomic E-state index is -3.91. The van der Waals surface area contributed by atoms with Crippen LogP contribution in [0, 0.1) is 0 Å². The van der Waals surface area contributed by atoms with Crippen molar-refractivity contribution in [1.29, 1.82) is 0 Å². The van der Waals surface area contributed by atoms with Crippen molar-refractivity contribution in [3.05, 3.63) is 72.6 Å². The molecule has 1 unspecified atom stereocenters. The van der Waals surface area contributed by atoms with Crippen LogP contribution in [0.25, 0.3) is 21.9 Å². The van der Waals surface area contributed by atoms with Crippen LogP contribution in [0.3, 0.4) is 0 Å². The Hall–Kier alpha value is -4.25. The second kappa shape index (κ2) is 7.66. The molecule has 4 heterocycles. The molecule has 0 spiro atoms. The molecule has 11 heteroatoms. The summed E-state index contributed by atoms with van der Waals surface area (Å²) in [4.78, 5) is 13.0. The molecule has 5 aromatic rings. The first kappa shape index (κ1) is 20.4. The highest BCUT2D eigenvalue weighted by Gasteiger charge is 2.34. The lowest BCUT2D eigenvalue weighted by Gasteiger charge is -2.36. The van der Waals surface area contributed by atoms with Crippen molar-refractivity contribution in [3.8, 4) is 0 Å². The normalized spacial score (nSPS) is 16.0. The molecule has 0 saturated carbocycles. The second-order valence-electron chi connectivity index (χ2n) is 8.10. The van der Waals surface area contributed by atoms with Crippen LogP contribution in [0.2, 0.25) is 0 Å². The SMILES string of the molecule is Nc1nc(NC2Cc3ccccc3N(S(=O)(=O)c3cccc4cccnc34)C2)c2cn[nH]c2n1. The van der Waals surface area contributed by atoms with E-state index >= 15 is 0 Å². The molecule has 0 saturated heterocycles. The lowest BCUT2D eigenvalue weighted by atomic mass is 9.99. The Labute approximate surface area is 194 Å². The number of H-pyrrole nitrogens is 1. The van der Waals surface area contributed by atoms with Gasteiger partial charge in [-0.25, -0.2) is 8.42 Å². The number of nitrogens with one attached hydrogen (secondary N) is 2. The highest BCUT2D eigenvalue weighted by atomic mass is 32.2. The molecule has 0 aliphatic carbocycles. The van der Waals surface area contributed by atoms with Crippen LogP contribution in [0.5, 0.6) is 0 Å². The fourth-order valence-electron chi connectivity index (χ4n) is 4.44. The van der Waals surface area contributed by atoms with E-state index in [2.05, 4.69) is 30.5 Å². The Morgan fingerprint density at radius 2 is 1.91 bits per heavy atom. The number of fused-ring (bicyclic) bond motifs is 3. The fraction of sp³-hybridized carbons (Fsp3) is 0.130. The summed E-state index contributed by atoms with van der Waals surface area (Å²) in [6.45, 7) is 0.200. The predicted octanol–water partition coefficient (Wildman–Crippen LogP) is 2.72.